The summed E-state index contributed by atoms with van der Waals surface area (Å²) in [6.07, 6.45) is 9.96. The Kier molecular flexibility index (Phi) is 9.15. The van der Waals surface area contributed by atoms with Crippen LogP contribution >= 0.6 is 11.6 Å². The molecule has 2 saturated carbocycles. The number of urea groups is 1. The molecule has 9 atom stereocenters. The van der Waals surface area contributed by atoms with E-state index in [1.165, 1.54) is 11.1 Å². The Labute approximate surface area is 299 Å². The molecule has 2 N–H and O–H groups in total. The van der Waals surface area contributed by atoms with Crippen LogP contribution in [0.25, 0.3) is 0 Å². The van der Waals surface area contributed by atoms with Crippen LogP contribution in [0.3, 0.4) is 0 Å². The second-order valence-corrected chi connectivity index (χ2v) is 17.9. The topological polar surface area (TPSA) is 119 Å². The second kappa shape index (κ2) is 13.5. The van der Waals surface area contributed by atoms with Gasteiger partial charge < -0.3 is 24.4 Å². The summed E-state index contributed by atoms with van der Waals surface area (Å²) in [7, 11) is -1.70. The van der Waals surface area contributed by atoms with Crippen molar-refractivity contribution >= 4 is 39.1 Å². The number of nitrogens with zero attached hydrogens (tertiary/aromatic N) is 2. The van der Waals surface area contributed by atoms with E-state index in [0.717, 1.165) is 55.9 Å². The average Bonchev–Trinajstić information content (AvgIpc) is 3.50. The number of halogens is 1. The van der Waals surface area contributed by atoms with Gasteiger partial charge in [-0.2, -0.15) is 0 Å². The van der Waals surface area contributed by atoms with E-state index in [1.807, 2.05) is 25.1 Å². The van der Waals surface area contributed by atoms with Crippen LogP contribution in [0, 0.1) is 29.6 Å². The van der Waals surface area contributed by atoms with E-state index in [2.05, 4.69) is 43.6 Å². The number of carbonyl (C=O) groups excluding carboxylic acids is 2. The van der Waals surface area contributed by atoms with E-state index in [-0.39, 0.29) is 41.1 Å². The SMILES string of the molecule is CO[C@H]1/C=C\C[C@H](C)CS(=O)(NC(=O)NC2[C@H]3COC[C@@H]23)=NC(=O)c2ccc3c(c2)N(C[C@@H]2CC[C@H]21)C[C@@]1(CCCc2cc(Cl)ccc21)CO3. The van der Waals surface area contributed by atoms with Gasteiger partial charge in [-0.3, -0.25) is 9.52 Å². The Bertz CT molecular complexity index is 1820. The Hall–Kier alpha value is -3.12. The largest absolute Gasteiger partial charge is 0.490 e. The summed E-state index contributed by atoms with van der Waals surface area (Å²) in [5.74, 6) is 1.32. The lowest BCUT2D eigenvalue weighted by Crippen LogP contribution is -2.49. The number of benzene rings is 2. The molecule has 10 nitrogen and oxygen atoms in total. The molecule has 268 valence electrons. The van der Waals surface area contributed by atoms with Gasteiger partial charge in [0.25, 0.3) is 5.91 Å². The van der Waals surface area contributed by atoms with Crippen molar-refractivity contribution in [1.29, 1.82) is 0 Å². The zero-order chi connectivity index (χ0) is 34.6. The van der Waals surface area contributed by atoms with Crippen LogP contribution in [0.4, 0.5) is 10.5 Å². The number of hydrogen-bond donors (Lipinski definition) is 2. The predicted molar refractivity (Wildman–Crippen MR) is 193 cm³/mol. The molecule has 50 heavy (non-hydrogen) atoms. The number of aryl methyl sites for hydroxylation is 1. The molecule has 3 aliphatic carbocycles. The highest BCUT2D eigenvalue weighted by atomic mass is 35.5. The van der Waals surface area contributed by atoms with Gasteiger partial charge in [0.1, 0.15) is 15.7 Å². The van der Waals surface area contributed by atoms with Crippen molar-refractivity contribution in [2.45, 2.75) is 63.0 Å². The third-order valence-electron chi connectivity index (χ3n) is 12.0. The molecule has 0 aromatic heterocycles. The molecule has 12 heteroatoms. The van der Waals surface area contributed by atoms with Crippen LogP contribution in [0.15, 0.2) is 52.9 Å². The second-order valence-electron chi connectivity index (χ2n) is 15.4. The van der Waals surface area contributed by atoms with Crippen molar-refractivity contribution in [3.63, 3.8) is 0 Å². The van der Waals surface area contributed by atoms with Crippen molar-refractivity contribution in [2.24, 2.45) is 34.0 Å². The first-order chi connectivity index (χ1) is 24.1. The lowest BCUT2D eigenvalue weighted by Gasteiger charge is -2.46. The van der Waals surface area contributed by atoms with Gasteiger partial charge in [0.05, 0.1) is 37.4 Å². The van der Waals surface area contributed by atoms with E-state index in [1.54, 1.807) is 13.2 Å². The third-order valence-corrected chi connectivity index (χ3v) is 14.2. The van der Waals surface area contributed by atoms with Gasteiger partial charge in [-0.1, -0.05) is 36.7 Å². The van der Waals surface area contributed by atoms with Crippen LogP contribution < -0.4 is 19.7 Å². The Balaban J connectivity index is 1.16. The molecule has 3 aliphatic heterocycles. The first-order valence-corrected chi connectivity index (χ1v) is 20.2. The number of anilines is 1. The number of carbonyl (C=O) groups is 2. The zero-order valence-corrected chi connectivity index (χ0v) is 30.3. The zero-order valence-electron chi connectivity index (χ0n) is 28.8. The van der Waals surface area contributed by atoms with E-state index < -0.39 is 21.9 Å². The highest BCUT2D eigenvalue weighted by Gasteiger charge is 2.55. The normalized spacial score (nSPS) is 36.7. The standard InChI is InChI=1S/C38H47ClN4O6S/c1-23-5-3-7-33(47-2)28-11-8-26(28)17-43-21-38(14-4-6-24-15-27(39)10-12-31(24)38)22-49-34-13-9-25(16-32(34)43)36(44)41-50(46,20-23)42-37(45)40-35-29-18-48-19-30(29)35/h3,7,9-10,12-13,15-16,23,26,28-30,33,35H,4-6,8,11,14,17-22H2,1-2H3,(H2,40,41,42,44,45,46)/b7-3-/t23-,26-,28+,29-,30+,33-,35?,38-,50?/m0/s1. The minimum absolute atomic E-state index is 0.0118. The number of rotatable bonds is 3. The van der Waals surface area contributed by atoms with Crippen molar-refractivity contribution < 1.29 is 28.0 Å². The summed E-state index contributed by atoms with van der Waals surface area (Å²) in [5.41, 5.74) is 3.45. The molecule has 8 rings (SSSR count). The molecule has 2 aromatic rings. The lowest BCUT2D eigenvalue weighted by molar-refractivity contribution is 0.0131. The highest BCUT2D eigenvalue weighted by molar-refractivity contribution is 7.92. The molecule has 3 fully saturated rings. The maximum Gasteiger partial charge on any atom is 0.327 e. The molecule has 0 radical (unpaired) electrons. The molecule has 2 aromatic carbocycles. The highest BCUT2D eigenvalue weighted by Crippen LogP contribution is 2.47. The first-order valence-electron chi connectivity index (χ1n) is 18.1. The number of hydrogen-bond acceptors (Lipinski definition) is 7. The van der Waals surface area contributed by atoms with Crippen molar-refractivity contribution in [3.05, 3.63) is 70.3 Å². The minimum atomic E-state index is -3.47. The Morgan fingerprint density at radius 2 is 1.98 bits per heavy atom. The summed E-state index contributed by atoms with van der Waals surface area (Å²) in [6, 6.07) is 11.0. The molecule has 2 unspecified atom stereocenters. The smallest absolute Gasteiger partial charge is 0.327 e. The molecule has 3 amide bonds. The minimum Gasteiger partial charge on any atom is -0.490 e. The maximum atomic E-state index is 14.4. The maximum absolute atomic E-state index is 14.4. The van der Waals surface area contributed by atoms with Crippen molar-refractivity contribution in [3.8, 4) is 5.75 Å². The fraction of sp³-hybridized carbons (Fsp3) is 0.579. The summed E-state index contributed by atoms with van der Waals surface area (Å²) < 4.78 is 39.5. The molecule has 3 heterocycles. The number of nitrogens with one attached hydrogen (secondary N) is 2. The average molecular weight is 723 g/mol. The fourth-order valence-corrected chi connectivity index (χ4v) is 11.2. The molecule has 2 bridgehead atoms. The number of ether oxygens (including phenoxy) is 3. The van der Waals surface area contributed by atoms with E-state index in [4.69, 9.17) is 25.8 Å². The van der Waals surface area contributed by atoms with Crippen LogP contribution in [-0.4, -0.2) is 74.1 Å². The van der Waals surface area contributed by atoms with E-state index in [9.17, 15) is 13.8 Å². The van der Waals surface area contributed by atoms with E-state index >= 15 is 0 Å². The number of allylic oxidation sites excluding steroid dienone is 1. The molecule has 1 saturated heterocycles. The van der Waals surface area contributed by atoms with Gasteiger partial charge in [0.15, 0.2) is 0 Å². The van der Waals surface area contributed by atoms with Gasteiger partial charge in [-0.05, 0) is 97.7 Å². The quantitative estimate of drug-likeness (QED) is 0.378. The van der Waals surface area contributed by atoms with E-state index in [0.29, 0.717) is 49.4 Å². The summed E-state index contributed by atoms with van der Waals surface area (Å²) in [6.45, 7) is 5.22. The Morgan fingerprint density at radius 3 is 2.76 bits per heavy atom. The number of methoxy groups -OCH3 is 1. The first kappa shape index (κ1) is 34.0. The van der Waals surface area contributed by atoms with Gasteiger partial charge in [0.2, 0.25) is 0 Å². The molecule has 6 aliphatic rings. The van der Waals surface area contributed by atoms with Crippen LogP contribution in [0.2, 0.25) is 5.02 Å². The van der Waals surface area contributed by atoms with Gasteiger partial charge >= 0.3 is 6.03 Å². The van der Waals surface area contributed by atoms with Crippen molar-refractivity contribution in [1.82, 2.24) is 10.0 Å². The van der Waals surface area contributed by atoms with Gasteiger partial charge in [-0.25, -0.2) is 9.00 Å². The molecular formula is C38H47ClN4O6S. The molecular weight excluding hydrogens is 676 g/mol. The third kappa shape index (κ3) is 6.55. The van der Waals surface area contributed by atoms with Crippen LogP contribution in [-0.2, 0) is 31.2 Å². The fourth-order valence-electron chi connectivity index (χ4n) is 9.15. The van der Waals surface area contributed by atoms with Crippen LogP contribution in [0.5, 0.6) is 5.75 Å². The van der Waals surface area contributed by atoms with Gasteiger partial charge in [0, 0.05) is 54.1 Å². The predicted octanol–water partition coefficient (Wildman–Crippen LogP) is 5.92. The monoisotopic (exact) mass is 722 g/mol. The Morgan fingerprint density at radius 1 is 1.14 bits per heavy atom. The van der Waals surface area contributed by atoms with Gasteiger partial charge in [-0.15, -0.1) is 4.36 Å². The number of amides is 3. The molecule has 1 spiro atoms. The summed E-state index contributed by atoms with van der Waals surface area (Å²) in [4.78, 5) is 29.5. The summed E-state index contributed by atoms with van der Waals surface area (Å²) >= 11 is 6.45. The van der Waals surface area contributed by atoms with Crippen LogP contribution in [0.1, 0.15) is 60.5 Å². The lowest BCUT2D eigenvalue weighted by atomic mass is 9.68. The summed E-state index contributed by atoms with van der Waals surface area (Å²) in [5, 5.41) is 3.69. The van der Waals surface area contributed by atoms with Crippen molar-refractivity contribution in [2.75, 3.05) is 50.7 Å². The number of fused-ring (bicyclic) bond motifs is 5.